The van der Waals surface area contributed by atoms with Crippen molar-refractivity contribution in [1.82, 2.24) is 0 Å². The zero-order valence-corrected chi connectivity index (χ0v) is 5.13. The van der Waals surface area contributed by atoms with Crippen molar-refractivity contribution in [3.05, 3.63) is 33.5 Å². The first-order chi connectivity index (χ1) is 5.29. The summed E-state index contributed by atoms with van der Waals surface area (Å²) in [7, 11) is 0. The number of nitrogens with zero attached hydrogens (tertiary/aromatic N) is 5. The van der Waals surface area contributed by atoms with Crippen LogP contribution in [0.5, 0.6) is 0 Å². The summed E-state index contributed by atoms with van der Waals surface area (Å²) < 4.78 is 0. The van der Waals surface area contributed by atoms with E-state index in [-0.39, 0.29) is 11.5 Å². The Hall–Kier alpha value is -1.92. The first kappa shape index (κ1) is 5.83. The standard InChI is InChI=1S/C4HN5O2/c10-9(11)4-3-2(6-8-4)1-5-7-3/h1H. The molecule has 2 rings (SSSR count). The summed E-state index contributed by atoms with van der Waals surface area (Å²) in [5.41, 5.74) is 0.506. The predicted molar refractivity (Wildman–Crippen MR) is 31.8 cm³/mol. The molecule has 0 amide bonds. The number of rotatable bonds is 1. The average Bonchev–Trinajstić information content (AvgIpc) is 2.41. The van der Waals surface area contributed by atoms with Crippen LogP contribution in [0, 0.1) is 10.1 Å². The van der Waals surface area contributed by atoms with Gasteiger partial charge in [0.1, 0.15) is 0 Å². The molecule has 11 heavy (non-hydrogen) atoms. The second-order valence-electron chi connectivity index (χ2n) is 1.86. The molecule has 0 aromatic rings. The highest BCUT2D eigenvalue weighted by Gasteiger charge is 2.31. The summed E-state index contributed by atoms with van der Waals surface area (Å²) in [6.45, 7) is 0. The summed E-state index contributed by atoms with van der Waals surface area (Å²) in [5, 5.41) is 23.9. The van der Waals surface area contributed by atoms with Crippen molar-refractivity contribution in [2.24, 2.45) is 20.5 Å². The molecule has 7 nitrogen and oxygen atoms in total. The molecule has 0 saturated carbocycles. The minimum atomic E-state index is -0.635. The highest BCUT2D eigenvalue weighted by Crippen LogP contribution is 2.30. The Morgan fingerprint density at radius 2 is 2.18 bits per heavy atom. The van der Waals surface area contributed by atoms with Gasteiger partial charge in [-0.2, -0.15) is 5.11 Å². The molecule has 0 aromatic heterocycles. The van der Waals surface area contributed by atoms with E-state index < -0.39 is 4.92 Å². The third-order valence-corrected chi connectivity index (χ3v) is 1.22. The second-order valence-corrected chi connectivity index (χ2v) is 1.86. The van der Waals surface area contributed by atoms with E-state index in [4.69, 9.17) is 0 Å². The average molecular weight is 151 g/mol. The van der Waals surface area contributed by atoms with Crippen LogP contribution in [0.2, 0.25) is 0 Å². The van der Waals surface area contributed by atoms with Gasteiger partial charge in [0.2, 0.25) is 5.70 Å². The lowest BCUT2D eigenvalue weighted by Gasteiger charge is -1.86. The van der Waals surface area contributed by atoms with E-state index in [1.54, 1.807) is 0 Å². The van der Waals surface area contributed by atoms with E-state index in [2.05, 4.69) is 20.5 Å². The normalized spacial score (nSPS) is 19.1. The molecule has 0 unspecified atom stereocenters. The smallest absolute Gasteiger partial charge is 0.358 e. The van der Waals surface area contributed by atoms with E-state index in [9.17, 15) is 10.1 Å². The van der Waals surface area contributed by atoms with Crippen LogP contribution in [-0.2, 0) is 0 Å². The Kier molecular flexibility index (Phi) is 0.945. The highest BCUT2D eigenvalue weighted by atomic mass is 16.6. The van der Waals surface area contributed by atoms with Crippen molar-refractivity contribution in [2.45, 2.75) is 0 Å². The molecular formula is C4HN5O2. The Morgan fingerprint density at radius 1 is 1.36 bits per heavy atom. The van der Waals surface area contributed by atoms with Gasteiger partial charge in [0.05, 0.1) is 11.3 Å². The molecule has 0 N–H and O–H groups in total. The number of azo groups is 2. The maximum atomic E-state index is 10.2. The van der Waals surface area contributed by atoms with Crippen molar-refractivity contribution >= 4 is 0 Å². The molecular weight excluding hydrogens is 150 g/mol. The second kappa shape index (κ2) is 1.78. The fourth-order valence-corrected chi connectivity index (χ4v) is 0.758. The first-order valence-corrected chi connectivity index (χ1v) is 2.71. The lowest BCUT2D eigenvalue weighted by molar-refractivity contribution is -0.427. The monoisotopic (exact) mass is 151 g/mol. The minimum Gasteiger partial charge on any atom is -0.358 e. The molecule has 0 spiro atoms. The molecule has 2 heterocycles. The Bertz CT molecular complexity index is 349. The third kappa shape index (κ3) is 0.672. The molecule has 7 heteroatoms. The van der Waals surface area contributed by atoms with Gasteiger partial charge in [-0.1, -0.05) is 0 Å². The summed E-state index contributed by atoms with van der Waals surface area (Å²) in [6, 6.07) is 0. The predicted octanol–water partition coefficient (Wildman–Crippen LogP) is 1.21. The Balaban J connectivity index is 2.55. The van der Waals surface area contributed by atoms with Crippen molar-refractivity contribution in [2.75, 3.05) is 0 Å². The Labute approximate surface area is 60.0 Å². The summed E-state index contributed by atoms with van der Waals surface area (Å²) >= 11 is 0. The fourth-order valence-electron chi connectivity index (χ4n) is 0.758. The van der Waals surface area contributed by atoms with Crippen LogP contribution >= 0.6 is 0 Å². The van der Waals surface area contributed by atoms with E-state index >= 15 is 0 Å². The molecule has 0 atom stereocenters. The highest BCUT2D eigenvalue weighted by molar-refractivity contribution is 5.35. The fraction of sp³-hybridized carbons (Fsp3) is 0. The number of nitro groups is 1. The maximum absolute atomic E-state index is 10.2. The lowest BCUT2D eigenvalue weighted by Crippen LogP contribution is -1.95. The number of fused-ring (bicyclic) bond motifs is 1. The van der Waals surface area contributed by atoms with Gasteiger partial charge in [0.25, 0.3) is 0 Å². The molecule has 2 aliphatic rings. The van der Waals surface area contributed by atoms with Crippen molar-refractivity contribution in [3.63, 3.8) is 0 Å². The van der Waals surface area contributed by atoms with Gasteiger partial charge < -0.3 is 10.1 Å². The van der Waals surface area contributed by atoms with Crippen LogP contribution in [0.4, 0.5) is 0 Å². The van der Waals surface area contributed by atoms with Crippen molar-refractivity contribution in [3.8, 4) is 0 Å². The Morgan fingerprint density at radius 3 is 2.91 bits per heavy atom. The summed E-state index contributed by atoms with van der Waals surface area (Å²) in [4.78, 5) is 9.57. The third-order valence-electron chi connectivity index (χ3n) is 1.22. The van der Waals surface area contributed by atoms with Crippen LogP contribution in [0.15, 0.2) is 43.9 Å². The van der Waals surface area contributed by atoms with E-state index in [0.717, 1.165) is 0 Å². The quantitative estimate of drug-likeness (QED) is 0.416. The topological polar surface area (TPSA) is 92.6 Å². The maximum Gasteiger partial charge on any atom is 0.420 e. The summed E-state index contributed by atoms with van der Waals surface area (Å²) in [5.74, 6) is -0.336. The van der Waals surface area contributed by atoms with Crippen LogP contribution < -0.4 is 0 Å². The van der Waals surface area contributed by atoms with Gasteiger partial charge in [0, 0.05) is 0 Å². The molecule has 0 fully saturated rings. The molecule has 0 radical (unpaired) electrons. The van der Waals surface area contributed by atoms with Crippen molar-refractivity contribution < 1.29 is 4.92 Å². The van der Waals surface area contributed by atoms with Gasteiger partial charge in [0.15, 0.2) is 5.70 Å². The summed E-state index contributed by atoms with van der Waals surface area (Å²) in [6.07, 6.45) is 1.33. The first-order valence-electron chi connectivity index (χ1n) is 2.71. The SMILES string of the molecule is O=[N+]([O-])C1=C2N=NC=C2N=N1. The van der Waals surface area contributed by atoms with Crippen LogP contribution in [-0.4, -0.2) is 4.92 Å². The molecule has 2 aliphatic heterocycles. The van der Waals surface area contributed by atoms with Gasteiger partial charge >= 0.3 is 5.82 Å². The van der Waals surface area contributed by atoms with Crippen molar-refractivity contribution in [1.29, 1.82) is 0 Å². The van der Waals surface area contributed by atoms with Gasteiger partial charge in [-0.15, -0.1) is 5.11 Å². The zero-order chi connectivity index (χ0) is 7.84. The van der Waals surface area contributed by atoms with E-state index in [0.29, 0.717) is 5.70 Å². The minimum absolute atomic E-state index is 0.148. The lowest BCUT2D eigenvalue weighted by atomic mass is 10.4. The molecule has 0 bridgehead atoms. The number of hydrogen-bond acceptors (Lipinski definition) is 6. The number of hydrogen-bond donors (Lipinski definition) is 0. The van der Waals surface area contributed by atoms with Gasteiger partial charge in [-0.05, 0) is 10.0 Å². The molecule has 0 aromatic carbocycles. The van der Waals surface area contributed by atoms with E-state index in [1.165, 1.54) is 6.20 Å². The zero-order valence-electron chi connectivity index (χ0n) is 5.13. The van der Waals surface area contributed by atoms with Crippen LogP contribution in [0.1, 0.15) is 0 Å². The van der Waals surface area contributed by atoms with E-state index in [1.807, 2.05) is 0 Å². The van der Waals surface area contributed by atoms with Crippen LogP contribution in [0.25, 0.3) is 0 Å². The largest absolute Gasteiger partial charge is 0.420 e. The van der Waals surface area contributed by atoms with Crippen LogP contribution in [0.3, 0.4) is 0 Å². The van der Waals surface area contributed by atoms with Gasteiger partial charge in [-0.3, -0.25) is 0 Å². The van der Waals surface area contributed by atoms with Gasteiger partial charge in [-0.25, -0.2) is 0 Å². The molecule has 0 aliphatic carbocycles. The molecule has 0 saturated heterocycles. The molecule has 54 valence electrons.